The maximum atomic E-state index is 12.9. The van der Waals surface area contributed by atoms with E-state index in [4.69, 9.17) is 28.4 Å². The molecule has 44 heavy (non-hydrogen) atoms. The molecule has 9 heteroatoms. The zero-order valence-electron chi connectivity index (χ0n) is 27.7. The van der Waals surface area contributed by atoms with Gasteiger partial charge in [-0.25, -0.2) is 0 Å². The van der Waals surface area contributed by atoms with E-state index in [2.05, 4.69) is 0 Å². The van der Waals surface area contributed by atoms with E-state index >= 15 is 0 Å². The maximum Gasteiger partial charge on any atom is 0.314 e. The second-order valence-electron chi connectivity index (χ2n) is 12.6. The highest BCUT2D eigenvalue weighted by Crippen LogP contribution is 2.40. The molecule has 0 aliphatic carbocycles. The van der Waals surface area contributed by atoms with Crippen LogP contribution in [-0.2, 0) is 23.7 Å². The second-order valence-corrected chi connectivity index (χ2v) is 12.6. The first-order valence-corrected chi connectivity index (χ1v) is 15.5. The molecule has 3 rings (SSSR count). The largest absolute Gasteiger partial charge is 0.497 e. The van der Waals surface area contributed by atoms with Gasteiger partial charge in [-0.3, -0.25) is 4.79 Å². The molecule has 1 aliphatic heterocycles. The third-order valence-corrected chi connectivity index (χ3v) is 8.86. The van der Waals surface area contributed by atoms with Crippen LogP contribution in [0.1, 0.15) is 72.0 Å². The summed E-state index contributed by atoms with van der Waals surface area (Å²) in [5, 5.41) is 22.8. The van der Waals surface area contributed by atoms with E-state index < -0.39 is 35.9 Å². The summed E-state index contributed by atoms with van der Waals surface area (Å²) in [5.41, 5.74) is 0.677. The minimum absolute atomic E-state index is 0.0506. The number of aliphatic hydroxyl groups excluding tert-OH is 2. The molecule has 0 radical (unpaired) electrons. The molecule has 0 bridgehead atoms. The predicted molar refractivity (Wildman–Crippen MR) is 167 cm³/mol. The topological polar surface area (TPSA) is 113 Å². The lowest BCUT2D eigenvalue weighted by molar-refractivity contribution is -0.258. The van der Waals surface area contributed by atoms with Crippen molar-refractivity contribution >= 4 is 5.97 Å². The Morgan fingerprint density at radius 3 is 2.07 bits per heavy atom. The first-order chi connectivity index (χ1) is 20.8. The molecule has 2 aromatic rings. The van der Waals surface area contributed by atoms with Crippen LogP contribution in [0.15, 0.2) is 48.5 Å². The van der Waals surface area contributed by atoms with Gasteiger partial charge in [-0.15, -0.1) is 0 Å². The van der Waals surface area contributed by atoms with Gasteiger partial charge in [0, 0.05) is 29.2 Å². The molecule has 246 valence electrons. The van der Waals surface area contributed by atoms with Crippen LogP contribution in [0.25, 0.3) is 0 Å². The summed E-state index contributed by atoms with van der Waals surface area (Å²) >= 11 is 0. The predicted octanol–water partition coefficient (Wildman–Crippen LogP) is 5.73. The number of methoxy groups -OCH3 is 2. The highest BCUT2D eigenvalue weighted by molar-refractivity contribution is 5.77. The fourth-order valence-corrected chi connectivity index (χ4v) is 5.89. The van der Waals surface area contributed by atoms with E-state index in [1.807, 2.05) is 76.2 Å². The SMILES string of the molecule is CCOC(=O)C(C)(C)[C@H](OC[C@H](C)[C@H](O)[C@@H](C)[C@@H](O)[C@@H](C)[C@@H]1O[C@H](c2ccc(OC)cc2)OC[C@H]1C)c1ccc(OC)cc1. The molecule has 9 atom stereocenters. The van der Waals surface area contributed by atoms with E-state index in [1.54, 1.807) is 35.0 Å². The van der Waals surface area contributed by atoms with Gasteiger partial charge >= 0.3 is 5.97 Å². The molecule has 1 saturated heterocycles. The molecule has 0 amide bonds. The third-order valence-electron chi connectivity index (χ3n) is 8.86. The summed E-state index contributed by atoms with van der Waals surface area (Å²) in [7, 11) is 3.22. The van der Waals surface area contributed by atoms with E-state index in [9.17, 15) is 15.0 Å². The summed E-state index contributed by atoms with van der Waals surface area (Å²) in [4.78, 5) is 12.9. The number of carbonyl (C=O) groups is 1. The highest BCUT2D eigenvalue weighted by Gasteiger charge is 2.42. The number of ether oxygens (including phenoxy) is 6. The molecule has 0 spiro atoms. The summed E-state index contributed by atoms with van der Waals surface area (Å²) in [6, 6.07) is 14.9. The molecule has 0 unspecified atom stereocenters. The normalized spacial score (nSPS) is 23.1. The lowest BCUT2D eigenvalue weighted by Crippen LogP contribution is -2.47. The van der Waals surface area contributed by atoms with Gasteiger partial charge in [0.1, 0.15) is 11.5 Å². The van der Waals surface area contributed by atoms with Gasteiger partial charge in [0.15, 0.2) is 6.29 Å². The summed E-state index contributed by atoms with van der Waals surface area (Å²) in [5.74, 6) is 0.0334. The van der Waals surface area contributed by atoms with Gasteiger partial charge in [-0.1, -0.05) is 52.0 Å². The average molecular weight is 617 g/mol. The Hall–Kier alpha value is -2.69. The molecular weight excluding hydrogens is 564 g/mol. The summed E-state index contributed by atoms with van der Waals surface area (Å²) < 4.78 is 34.6. The zero-order valence-corrected chi connectivity index (χ0v) is 27.7. The molecule has 0 aromatic heterocycles. The van der Waals surface area contributed by atoms with Crippen LogP contribution in [0, 0.1) is 29.1 Å². The number of aliphatic hydroxyl groups is 2. The van der Waals surface area contributed by atoms with E-state index in [0.717, 1.165) is 16.9 Å². The van der Waals surface area contributed by atoms with Gasteiger partial charge in [0.25, 0.3) is 0 Å². The number of hydrogen-bond acceptors (Lipinski definition) is 9. The molecule has 1 aliphatic rings. The highest BCUT2D eigenvalue weighted by atomic mass is 16.7. The zero-order chi connectivity index (χ0) is 32.6. The number of hydrogen-bond donors (Lipinski definition) is 2. The minimum atomic E-state index is -0.994. The lowest BCUT2D eigenvalue weighted by Gasteiger charge is -2.42. The molecule has 9 nitrogen and oxygen atoms in total. The Morgan fingerprint density at radius 1 is 0.955 bits per heavy atom. The molecule has 1 fully saturated rings. The summed E-state index contributed by atoms with van der Waals surface area (Å²) in [6.07, 6.45) is -3.18. The Labute approximate surface area is 262 Å². The van der Waals surface area contributed by atoms with Crippen LogP contribution >= 0.6 is 0 Å². The maximum absolute atomic E-state index is 12.9. The van der Waals surface area contributed by atoms with Crippen molar-refractivity contribution in [2.75, 3.05) is 34.0 Å². The van der Waals surface area contributed by atoms with Gasteiger partial charge in [0.05, 0.1) is 63.9 Å². The first-order valence-electron chi connectivity index (χ1n) is 15.5. The van der Waals surface area contributed by atoms with Crippen molar-refractivity contribution in [3.05, 3.63) is 59.7 Å². The van der Waals surface area contributed by atoms with E-state index in [-0.39, 0.29) is 43.0 Å². The molecule has 2 N–H and O–H groups in total. The van der Waals surface area contributed by atoms with Gasteiger partial charge in [-0.2, -0.15) is 0 Å². The number of esters is 1. The van der Waals surface area contributed by atoms with Crippen LogP contribution < -0.4 is 9.47 Å². The molecule has 1 heterocycles. The van der Waals surface area contributed by atoms with Crippen molar-refractivity contribution in [3.8, 4) is 11.5 Å². The Bertz CT molecular complexity index is 1150. The minimum Gasteiger partial charge on any atom is -0.497 e. The van der Waals surface area contributed by atoms with Crippen LogP contribution in [-0.4, -0.2) is 68.5 Å². The van der Waals surface area contributed by atoms with Crippen LogP contribution in [0.2, 0.25) is 0 Å². The van der Waals surface area contributed by atoms with Crippen LogP contribution in [0.5, 0.6) is 11.5 Å². The van der Waals surface area contributed by atoms with Crippen LogP contribution in [0.4, 0.5) is 0 Å². The Balaban J connectivity index is 1.68. The van der Waals surface area contributed by atoms with Crippen molar-refractivity contribution in [2.24, 2.45) is 29.1 Å². The van der Waals surface area contributed by atoms with Crippen molar-refractivity contribution in [1.82, 2.24) is 0 Å². The number of rotatable bonds is 15. The monoisotopic (exact) mass is 616 g/mol. The summed E-state index contributed by atoms with van der Waals surface area (Å²) in [6.45, 7) is 14.0. The number of benzene rings is 2. The standard InChI is InChI=1S/C35H52O9/c1-10-41-34(38)35(6,7)32(25-11-15-27(39-8)16-12-25)42-19-21(2)29(36)23(4)30(37)24(5)31-22(3)20-43-33(44-31)26-13-17-28(40-9)18-14-26/h11-18,21-24,29-33,36-37H,10,19-20H2,1-9H3/t21-,22+,23+,24+,29-,30+,31+,32+,33+/m0/s1. The molecule has 2 aromatic carbocycles. The first kappa shape index (κ1) is 35.8. The fourth-order valence-electron chi connectivity index (χ4n) is 5.89. The van der Waals surface area contributed by atoms with Crippen molar-refractivity contribution in [3.63, 3.8) is 0 Å². The second kappa shape index (κ2) is 16.0. The van der Waals surface area contributed by atoms with E-state index in [1.165, 1.54) is 0 Å². The van der Waals surface area contributed by atoms with Gasteiger partial charge in [-0.05, 0) is 50.6 Å². The van der Waals surface area contributed by atoms with Gasteiger partial charge in [0.2, 0.25) is 0 Å². The Kier molecular flexibility index (Phi) is 13.0. The lowest BCUT2D eigenvalue weighted by atomic mass is 9.79. The quantitative estimate of drug-likeness (QED) is 0.242. The number of carbonyl (C=O) groups excluding carboxylic acids is 1. The van der Waals surface area contributed by atoms with Crippen molar-refractivity contribution in [2.45, 2.75) is 79.2 Å². The fraction of sp³-hybridized carbons (Fsp3) is 0.629. The third kappa shape index (κ3) is 8.52. The van der Waals surface area contributed by atoms with Gasteiger partial charge < -0.3 is 38.6 Å². The molecular formula is C35H52O9. The van der Waals surface area contributed by atoms with Crippen LogP contribution in [0.3, 0.4) is 0 Å². The van der Waals surface area contributed by atoms with Crippen molar-refractivity contribution < 1.29 is 43.4 Å². The smallest absolute Gasteiger partial charge is 0.314 e. The average Bonchev–Trinajstić information content (AvgIpc) is 3.03. The molecule has 0 saturated carbocycles. The van der Waals surface area contributed by atoms with Crippen molar-refractivity contribution in [1.29, 1.82) is 0 Å². The Morgan fingerprint density at radius 2 is 1.52 bits per heavy atom. The van der Waals surface area contributed by atoms with E-state index in [0.29, 0.717) is 12.4 Å².